The van der Waals surface area contributed by atoms with Gasteiger partial charge >= 0.3 is 0 Å². The van der Waals surface area contributed by atoms with Crippen molar-refractivity contribution in [3.63, 3.8) is 0 Å². The van der Waals surface area contributed by atoms with E-state index in [-0.39, 0.29) is 0 Å². The molecule has 6 rings (SSSR count). The van der Waals surface area contributed by atoms with Crippen LogP contribution in [-0.4, -0.2) is 48.3 Å². The standard InChI is InChI=1S/C27H31N7O/c1-17-12-26(33-32-17)30-25-15-24-23(6-3-11-28-24)27(31-25)29-19-13-20-4-2-5-21(14-19)34(20)16-18-7-9-22(35)10-8-18/h3,6-12,15,19-21,35H,2,4-5,13-14,16H2,1H3,(H3,29,30,31,32,33)/t19?,20-,21+. The average Bonchev–Trinajstić information content (AvgIpc) is 3.25. The normalized spacial score (nSPS) is 22.3. The molecule has 2 saturated heterocycles. The summed E-state index contributed by atoms with van der Waals surface area (Å²) in [5.74, 6) is 2.68. The molecule has 2 bridgehead atoms. The van der Waals surface area contributed by atoms with Crippen molar-refractivity contribution in [1.82, 2.24) is 25.1 Å². The molecular weight excluding hydrogens is 438 g/mol. The van der Waals surface area contributed by atoms with Gasteiger partial charge in [-0.2, -0.15) is 5.10 Å². The van der Waals surface area contributed by atoms with Crippen molar-refractivity contribution < 1.29 is 5.11 Å². The third-order valence-electron chi connectivity index (χ3n) is 7.33. The summed E-state index contributed by atoms with van der Waals surface area (Å²) in [6.07, 6.45) is 7.75. The van der Waals surface area contributed by atoms with Crippen LogP contribution in [0.5, 0.6) is 5.75 Å². The molecule has 0 saturated carbocycles. The molecule has 0 radical (unpaired) electrons. The summed E-state index contributed by atoms with van der Waals surface area (Å²) in [5, 5.41) is 25.0. The number of nitrogens with one attached hydrogen (secondary N) is 3. The number of aryl methyl sites for hydroxylation is 1. The minimum atomic E-state index is 0.324. The Bertz CT molecular complexity index is 1300. The van der Waals surface area contributed by atoms with Crippen molar-refractivity contribution in [2.75, 3.05) is 10.6 Å². The zero-order chi connectivity index (χ0) is 23.8. The number of anilines is 3. The van der Waals surface area contributed by atoms with Crippen LogP contribution in [0, 0.1) is 6.92 Å². The van der Waals surface area contributed by atoms with E-state index in [0.717, 1.165) is 53.4 Å². The van der Waals surface area contributed by atoms with Gasteiger partial charge in [0.15, 0.2) is 5.82 Å². The Morgan fingerprint density at radius 3 is 2.60 bits per heavy atom. The first-order valence-corrected chi connectivity index (χ1v) is 12.5. The summed E-state index contributed by atoms with van der Waals surface area (Å²) in [7, 11) is 0. The summed E-state index contributed by atoms with van der Waals surface area (Å²) in [6.45, 7) is 2.92. The molecule has 4 N–H and O–H groups in total. The lowest BCUT2D eigenvalue weighted by Crippen LogP contribution is -2.54. The van der Waals surface area contributed by atoms with Crippen LogP contribution in [0.2, 0.25) is 0 Å². The Morgan fingerprint density at radius 1 is 1.06 bits per heavy atom. The van der Waals surface area contributed by atoms with E-state index in [1.54, 1.807) is 12.1 Å². The van der Waals surface area contributed by atoms with E-state index in [2.05, 4.69) is 36.8 Å². The predicted molar refractivity (Wildman–Crippen MR) is 138 cm³/mol. The predicted octanol–water partition coefficient (Wildman–Crippen LogP) is 5.11. The molecule has 3 atom stereocenters. The monoisotopic (exact) mass is 469 g/mol. The second-order valence-corrected chi connectivity index (χ2v) is 9.88. The van der Waals surface area contributed by atoms with Crippen LogP contribution in [0.25, 0.3) is 10.9 Å². The van der Waals surface area contributed by atoms with Crippen LogP contribution >= 0.6 is 0 Å². The van der Waals surface area contributed by atoms with Gasteiger partial charge in [-0.1, -0.05) is 18.6 Å². The summed E-state index contributed by atoms with van der Waals surface area (Å²) >= 11 is 0. The van der Waals surface area contributed by atoms with Crippen LogP contribution in [-0.2, 0) is 6.54 Å². The van der Waals surface area contributed by atoms with Gasteiger partial charge in [0.25, 0.3) is 0 Å². The number of pyridine rings is 2. The Kier molecular flexibility index (Phi) is 5.74. The topological polar surface area (TPSA) is 102 Å². The minimum Gasteiger partial charge on any atom is -0.508 e. The molecule has 1 aromatic carbocycles. The first-order chi connectivity index (χ1) is 17.1. The number of rotatable bonds is 6. The number of phenols is 1. The summed E-state index contributed by atoms with van der Waals surface area (Å²) < 4.78 is 0. The molecule has 180 valence electrons. The molecule has 5 heterocycles. The number of nitrogens with zero attached hydrogens (tertiary/aromatic N) is 4. The van der Waals surface area contributed by atoms with Gasteiger partial charge < -0.3 is 15.7 Å². The molecule has 4 aromatic rings. The fourth-order valence-corrected chi connectivity index (χ4v) is 5.72. The molecule has 2 aliphatic heterocycles. The Hall–Kier alpha value is -3.65. The van der Waals surface area contributed by atoms with E-state index in [4.69, 9.17) is 4.98 Å². The quantitative estimate of drug-likeness (QED) is 0.311. The van der Waals surface area contributed by atoms with E-state index in [1.807, 2.05) is 43.5 Å². The molecule has 8 nitrogen and oxygen atoms in total. The highest BCUT2D eigenvalue weighted by atomic mass is 16.3. The Labute approximate surface area is 204 Å². The highest BCUT2D eigenvalue weighted by molar-refractivity contribution is 5.91. The maximum Gasteiger partial charge on any atom is 0.153 e. The number of phenolic OH excluding ortho intramolecular Hbond substituents is 1. The van der Waals surface area contributed by atoms with E-state index >= 15 is 0 Å². The van der Waals surface area contributed by atoms with Gasteiger partial charge in [-0.25, -0.2) is 4.98 Å². The van der Waals surface area contributed by atoms with Crippen molar-refractivity contribution in [2.45, 2.75) is 63.7 Å². The number of benzene rings is 1. The minimum absolute atomic E-state index is 0.324. The molecular formula is C27H31N7O. The molecule has 1 unspecified atom stereocenters. The molecule has 3 aromatic heterocycles. The number of hydrogen-bond acceptors (Lipinski definition) is 7. The van der Waals surface area contributed by atoms with E-state index < -0.39 is 0 Å². The second kappa shape index (κ2) is 9.19. The number of piperidine rings is 2. The number of hydrogen-bond donors (Lipinski definition) is 4. The largest absolute Gasteiger partial charge is 0.508 e. The van der Waals surface area contributed by atoms with Crippen LogP contribution in [0.3, 0.4) is 0 Å². The number of aromatic hydroxyl groups is 1. The van der Waals surface area contributed by atoms with Gasteiger partial charge in [0.2, 0.25) is 0 Å². The van der Waals surface area contributed by atoms with Gasteiger partial charge in [-0.05, 0) is 62.4 Å². The number of H-pyrrole nitrogens is 1. The van der Waals surface area contributed by atoms with Crippen LogP contribution in [0.15, 0.2) is 54.7 Å². The van der Waals surface area contributed by atoms with E-state index in [1.165, 1.54) is 24.8 Å². The maximum absolute atomic E-state index is 9.64. The van der Waals surface area contributed by atoms with Gasteiger partial charge in [0, 0.05) is 54.1 Å². The third kappa shape index (κ3) is 4.66. The summed E-state index contributed by atoms with van der Waals surface area (Å²) in [4.78, 5) is 12.2. The fourth-order valence-electron chi connectivity index (χ4n) is 5.72. The Morgan fingerprint density at radius 2 is 1.86 bits per heavy atom. The Balaban J connectivity index is 1.22. The fraction of sp³-hybridized carbons (Fsp3) is 0.370. The van der Waals surface area contributed by atoms with Crippen molar-refractivity contribution in [3.05, 3.63) is 66.0 Å². The van der Waals surface area contributed by atoms with Gasteiger partial charge in [0.05, 0.1) is 5.52 Å². The first kappa shape index (κ1) is 21.9. The van der Waals surface area contributed by atoms with Crippen LogP contribution < -0.4 is 10.6 Å². The number of fused-ring (bicyclic) bond motifs is 3. The van der Waals surface area contributed by atoms with Gasteiger partial charge in [0.1, 0.15) is 17.4 Å². The van der Waals surface area contributed by atoms with Crippen LogP contribution in [0.4, 0.5) is 17.5 Å². The zero-order valence-electron chi connectivity index (χ0n) is 19.9. The zero-order valence-corrected chi connectivity index (χ0v) is 19.9. The lowest BCUT2D eigenvalue weighted by atomic mass is 9.81. The molecule has 35 heavy (non-hydrogen) atoms. The molecule has 2 aliphatic rings. The number of aromatic amines is 1. The highest BCUT2D eigenvalue weighted by Crippen LogP contribution is 2.37. The number of aromatic nitrogens is 4. The van der Waals surface area contributed by atoms with Gasteiger partial charge in [-0.15, -0.1) is 0 Å². The lowest BCUT2D eigenvalue weighted by Gasteiger charge is -2.49. The van der Waals surface area contributed by atoms with Crippen molar-refractivity contribution in [3.8, 4) is 5.75 Å². The summed E-state index contributed by atoms with van der Waals surface area (Å²) in [5.41, 5.74) is 3.16. The van der Waals surface area contributed by atoms with Crippen molar-refractivity contribution >= 4 is 28.4 Å². The molecule has 0 spiro atoms. The molecule has 0 aliphatic carbocycles. The average molecular weight is 470 g/mol. The maximum atomic E-state index is 9.64. The van der Waals surface area contributed by atoms with Crippen molar-refractivity contribution in [2.24, 2.45) is 0 Å². The van der Waals surface area contributed by atoms with Crippen molar-refractivity contribution in [1.29, 1.82) is 0 Å². The van der Waals surface area contributed by atoms with Crippen LogP contribution in [0.1, 0.15) is 43.4 Å². The third-order valence-corrected chi connectivity index (χ3v) is 7.33. The van der Waals surface area contributed by atoms with E-state index in [0.29, 0.717) is 23.9 Å². The van der Waals surface area contributed by atoms with E-state index in [9.17, 15) is 5.11 Å². The molecule has 2 fully saturated rings. The SMILES string of the molecule is Cc1cc(Nc2cc3ncccc3c(NC3C[C@H]4CCC[C@@H](C3)N4Cc3ccc(O)cc3)n2)n[nH]1. The molecule has 0 amide bonds. The highest BCUT2D eigenvalue weighted by Gasteiger charge is 2.38. The first-order valence-electron chi connectivity index (χ1n) is 12.5. The molecule has 8 heteroatoms. The summed E-state index contributed by atoms with van der Waals surface area (Å²) in [6, 6.07) is 17.1. The van der Waals surface area contributed by atoms with Gasteiger partial charge in [-0.3, -0.25) is 15.0 Å². The second-order valence-electron chi connectivity index (χ2n) is 9.88. The lowest BCUT2D eigenvalue weighted by molar-refractivity contribution is 0.0277. The smallest absolute Gasteiger partial charge is 0.153 e.